The van der Waals surface area contributed by atoms with Gasteiger partial charge in [-0.2, -0.15) is 0 Å². The number of allylic oxidation sites excluding steroid dienone is 1. The SMILES string of the molecule is C=CCn1c(=O)cc[s+]1[O-]. The zero-order chi connectivity index (χ0) is 7.56. The summed E-state index contributed by atoms with van der Waals surface area (Å²) in [5.41, 5.74) is -0.210. The zero-order valence-electron chi connectivity index (χ0n) is 5.32. The Bertz CT molecular complexity index is 286. The number of aromatic nitrogens is 1. The summed E-state index contributed by atoms with van der Waals surface area (Å²) < 4.78 is 12.1. The van der Waals surface area contributed by atoms with Crippen LogP contribution in [0.15, 0.2) is 28.9 Å². The van der Waals surface area contributed by atoms with Crippen LogP contribution in [0.4, 0.5) is 0 Å². The molecule has 1 unspecified atom stereocenters. The third-order valence-electron chi connectivity index (χ3n) is 1.08. The molecule has 0 aliphatic rings. The molecule has 0 aromatic carbocycles. The van der Waals surface area contributed by atoms with Gasteiger partial charge in [0.05, 0.1) is 12.6 Å². The maximum Gasteiger partial charge on any atom is 0.296 e. The minimum atomic E-state index is -1.26. The van der Waals surface area contributed by atoms with E-state index in [0.717, 1.165) is 0 Å². The topological polar surface area (TPSA) is 45.1 Å². The maximum atomic E-state index is 10.9. The quantitative estimate of drug-likeness (QED) is 0.470. The van der Waals surface area contributed by atoms with Gasteiger partial charge in [0.15, 0.2) is 5.38 Å². The smallest absolute Gasteiger partial charge is 0.296 e. The van der Waals surface area contributed by atoms with E-state index in [1.807, 2.05) is 0 Å². The first-order chi connectivity index (χ1) is 4.75. The highest BCUT2D eigenvalue weighted by Crippen LogP contribution is 2.06. The molecular weight excluding hydrogens is 150 g/mol. The van der Waals surface area contributed by atoms with Gasteiger partial charge >= 0.3 is 0 Å². The maximum absolute atomic E-state index is 10.9. The highest BCUT2D eigenvalue weighted by molar-refractivity contribution is 7.18. The fraction of sp³-hybridized carbons (Fsp3) is 0.167. The van der Waals surface area contributed by atoms with Gasteiger partial charge in [-0.1, -0.05) is 6.08 Å². The average Bonchev–Trinajstić information content (AvgIpc) is 2.20. The van der Waals surface area contributed by atoms with Crippen LogP contribution in [0, 0.1) is 0 Å². The van der Waals surface area contributed by atoms with Crippen molar-refractivity contribution in [3.63, 3.8) is 0 Å². The van der Waals surface area contributed by atoms with Gasteiger partial charge in [-0.15, -0.1) is 10.5 Å². The molecule has 0 radical (unpaired) electrons. The molecule has 0 bridgehead atoms. The first kappa shape index (κ1) is 7.24. The van der Waals surface area contributed by atoms with Gasteiger partial charge in [-0.25, -0.2) is 0 Å². The Morgan fingerprint density at radius 1 is 1.90 bits per heavy atom. The van der Waals surface area contributed by atoms with E-state index in [0.29, 0.717) is 6.54 Å². The van der Waals surface area contributed by atoms with Crippen LogP contribution in [0.5, 0.6) is 0 Å². The van der Waals surface area contributed by atoms with Gasteiger partial charge in [0, 0.05) is 10.9 Å². The van der Waals surface area contributed by atoms with Gasteiger partial charge in [0.2, 0.25) is 0 Å². The highest BCUT2D eigenvalue weighted by Gasteiger charge is 2.02. The third kappa shape index (κ3) is 1.17. The van der Waals surface area contributed by atoms with Gasteiger partial charge in [0.1, 0.15) is 0 Å². The molecule has 0 fully saturated rings. The lowest BCUT2D eigenvalue weighted by atomic mass is 10.6. The van der Waals surface area contributed by atoms with Crippen molar-refractivity contribution in [3.8, 4) is 0 Å². The van der Waals surface area contributed by atoms with Crippen molar-refractivity contribution < 1.29 is 4.55 Å². The van der Waals surface area contributed by atoms with Crippen LogP contribution in [0.2, 0.25) is 0 Å². The van der Waals surface area contributed by atoms with Gasteiger partial charge in [-0.3, -0.25) is 4.79 Å². The lowest BCUT2D eigenvalue weighted by Crippen LogP contribution is -2.11. The Labute approximate surface area is 61.2 Å². The second-order valence-corrected chi connectivity index (χ2v) is 3.03. The Hall–Kier alpha value is -0.870. The monoisotopic (exact) mass is 157 g/mol. The van der Waals surface area contributed by atoms with Crippen molar-refractivity contribution in [3.05, 3.63) is 34.5 Å². The van der Waals surface area contributed by atoms with Crippen LogP contribution in [-0.4, -0.2) is 8.51 Å². The van der Waals surface area contributed by atoms with Crippen molar-refractivity contribution in [2.24, 2.45) is 0 Å². The second kappa shape index (κ2) is 2.81. The van der Waals surface area contributed by atoms with Crippen LogP contribution in [0.1, 0.15) is 0 Å². The summed E-state index contributed by atoms with van der Waals surface area (Å²) in [6, 6.07) is 1.31. The number of hydrogen-bond acceptors (Lipinski definition) is 2. The molecule has 54 valence electrons. The molecule has 1 aromatic heterocycles. The Morgan fingerprint density at radius 3 is 3.00 bits per heavy atom. The van der Waals surface area contributed by atoms with E-state index in [9.17, 15) is 9.35 Å². The first-order valence-corrected chi connectivity index (χ1v) is 3.94. The van der Waals surface area contributed by atoms with Crippen LogP contribution in [0.25, 0.3) is 0 Å². The largest absolute Gasteiger partial charge is 0.570 e. The van der Waals surface area contributed by atoms with Gasteiger partial charge in [-0.05, 0) is 0 Å². The molecule has 1 atom stereocenters. The van der Waals surface area contributed by atoms with E-state index in [-0.39, 0.29) is 5.56 Å². The standard InChI is InChI=1S/C6H7NO2S/c1-2-4-7-6(8)3-5-10(7)9/h2-3,5H,1,4H2. The molecule has 1 heterocycles. The Morgan fingerprint density at radius 2 is 2.60 bits per heavy atom. The minimum absolute atomic E-state index is 0.210. The predicted molar refractivity (Wildman–Crippen MR) is 39.6 cm³/mol. The van der Waals surface area contributed by atoms with Crippen LogP contribution < -0.4 is 5.56 Å². The van der Waals surface area contributed by atoms with E-state index in [4.69, 9.17) is 0 Å². The van der Waals surface area contributed by atoms with E-state index >= 15 is 0 Å². The van der Waals surface area contributed by atoms with E-state index in [1.54, 1.807) is 6.08 Å². The molecule has 0 saturated heterocycles. The minimum Gasteiger partial charge on any atom is -0.570 e. The molecule has 0 amide bonds. The van der Waals surface area contributed by atoms with Crippen molar-refractivity contribution in [1.29, 1.82) is 0 Å². The van der Waals surface area contributed by atoms with Crippen LogP contribution in [0.3, 0.4) is 0 Å². The van der Waals surface area contributed by atoms with Crippen LogP contribution >= 0.6 is 10.9 Å². The molecule has 1 aromatic rings. The van der Waals surface area contributed by atoms with E-state index in [2.05, 4.69) is 6.58 Å². The summed E-state index contributed by atoms with van der Waals surface area (Å²) >= 11 is 0. The summed E-state index contributed by atoms with van der Waals surface area (Å²) in [4.78, 5) is 10.8. The lowest BCUT2D eigenvalue weighted by Gasteiger charge is -1.93. The van der Waals surface area contributed by atoms with E-state index in [1.165, 1.54) is 15.4 Å². The molecular formula is C6H7NO2S. The summed E-state index contributed by atoms with van der Waals surface area (Å²) in [5, 5.41) is 1.37. The summed E-state index contributed by atoms with van der Waals surface area (Å²) in [7, 11) is -1.26. The predicted octanol–water partition coefficient (Wildman–Crippen LogP) is 0.762. The number of hydrogen-bond donors (Lipinski definition) is 0. The van der Waals surface area contributed by atoms with Gasteiger partial charge in [0.25, 0.3) is 5.56 Å². The van der Waals surface area contributed by atoms with Crippen molar-refractivity contribution >= 4 is 10.9 Å². The van der Waals surface area contributed by atoms with E-state index < -0.39 is 10.9 Å². The molecule has 1 rings (SSSR count). The molecule has 3 nitrogen and oxygen atoms in total. The molecule has 4 heteroatoms. The fourth-order valence-corrected chi connectivity index (χ4v) is 1.51. The van der Waals surface area contributed by atoms with Gasteiger partial charge < -0.3 is 4.55 Å². The molecule has 10 heavy (non-hydrogen) atoms. The summed E-state index contributed by atoms with van der Waals surface area (Å²) in [6.45, 7) is 3.78. The molecule has 0 spiro atoms. The summed E-state index contributed by atoms with van der Waals surface area (Å²) in [5.74, 6) is 0. The molecule has 0 saturated carbocycles. The highest BCUT2D eigenvalue weighted by atomic mass is 32.2. The number of rotatable bonds is 2. The second-order valence-electron chi connectivity index (χ2n) is 1.77. The Kier molecular flexibility index (Phi) is 2.03. The summed E-state index contributed by atoms with van der Waals surface area (Å²) in [6.07, 6.45) is 1.54. The van der Waals surface area contributed by atoms with Crippen molar-refractivity contribution in [1.82, 2.24) is 3.96 Å². The third-order valence-corrected chi connectivity index (χ3v) is 2.22. The zero-order valence-corrected chi connectivity index (χ0v) is 6.13. The van der Waals surface area contributed by atoms with Crippen molar-refractivity contribution in [2.45, 2.75) is 6.54 Å². The molecule has 0 aliphatic heterocycles. The molecule has 0 N–H and O–H groups in total. The van der Waals surface area contributed by atoms with Crippen LogP contribution in [-0.2, 0) is 6.54 Å². The Balaban J connectivity index is 3.10. The fourth-order valence-electron chi connectivity index (χ4n) is 0.642. The number of nitrogens with zero attached hydrogens (tertiary/aromatic N) is 1. The average molecular weight is 157 g/mol. The normalized spacial score (nSPS) is 11.5. The first-order valence-electron chi connectivity index (χ1n) is 2.77. The molecule has 0 aliphatic carbocycles. The lowest BCUT2D eigenvalue weighted by molar-refractivity contribution is 0.575. The van der Waals surface area contributed by atoms with Crippen molar-refractivity contribution in [2.75, 3.05) is 0 Å².